The zero-order valence-corrected chi connectivity index (χ0v) is 8.65. The minimum Gasteiger partial charge on any atom is -0.330 e. The summed E-state index contributed by atoms with van der Waals surface area (Å²) in [6, 6.07) is 0. The Labute approximate surface area is 83.0 Å². The Morgan fingerprint density at radius 3 is 2.93 bits per heavy atom. The van der Waals surface area contributed by atoms with Gasteiger partial charge in [0.2, 0.25) is 0 Å². The summed E-state index contributed by atoms with van der Waals surface area (Å²) in [7, 11) is 1.75. The van der Waals surface area contributed by atoms with Crippen molar-refractivity contribution in [2.24, 2.45) is 13.0 Å². The van der Waals surface area contributed by atoms with Gasteiger partial charge in [-0.05, 0) is 5.92 Å². The summed E-state index contributed by atoms with van der Waals surface area (Å²) < 4.78 is 1.63. The summed E-state index contributed by atoms with van der Waals surface area (Å²) in [4.78, 5) is 20.2. The fraction of sp³-hybridized carbons (Fsp3) is 0.556. The maximum atomic E-state index is 11.4. The maximum Gasteiger partial charge on any atom is 0.293 e. The molecule has 0 bridgehead atoms. The number of aryl methyl sites for hydroxylation is 1. The van der Waals surface area contributed by atoms with E-state index in [-0.39, 0.29) is 5.91 Å². The van der Waals surface area contributed by atoms with Crippen molar-refractivity contribution in [3.05, 3.63) is 18.2 Å². The molecule has 1 rings (SSSR count). The predicted octanol–water partition coefficient (Wildman–Crippen LogP) is 0.737. The fourth-order valence-corrected chi connectivity index (χ4v) is 0.902. The molecule has 0 spiro atoms. The highest BCUT2D eigenvalue weighted by atomic mass is 16.6. The van der Waals surface area contributed by atoms with Crippen LogP contribution in [0, 0.1) is 5.92 Å². The normalized spacial score (nSPS) is 10.6. The zero-order valence-electron chi connectivity index (χ0n) is 8.65. The van der Waals surface area contributed by atoms with Crippen LogP contribution in [0.3, 0.4) is 0 Å². The molecule has 0 aliphatic carbocycles. The number of imidazole rings is 1. The summed E-state index contributed by atoms with van der Waals surface area (Å²) in [5.74, 6) is 0.118. The first-order valence-electron chi connectivity index (χ1n) is 4.49. The monoisotopic (exact) mass is 197 g/mol. The molecule has 0 aromatic carbocycles. The topological polar surface area (TPSA) is 56.1 Å². The summed E-state index contributed by atoms with van der Waals surface area (Å²) in [5.41, 5.74) is 2.84. The summed E-state index contributed by atoms with van der Waals surface area (Å²) in [6.07, 6.45) is 3.06. The van der Waals surface area contributed by atoms with Crippen molar-refractivity contribution in [3.63, 3.8) is 0 Å². The van der Waals surface area contributed by atoms with Gasteiger partial charge in [-0.15, -0.1) is 0 Å². The van der Waals surface area contributed by atoms with Gasteiger partial charge in [0.1, 0.15) is 5.69 Å². The molecule has 1 heterocycles. The van der Waals surface area contributed by atoms with Gasteiger partial charge in [-0.2, -0.15) is 0 Å². The van der Waals surface area contributed by atoms with E-state index < -0.39 is 0 Å². The fourth-order valence-electron chi connectivity index (χ4n) is 0.902. The molecule has 1 aromatic rings. The average molecular weight is 197 g/mol. The van der Waals surface area contributed by atoms with E-state index in [1.165, 1.54) is 6.20 Å². The Morgan fingerprint density at radius 2 is 2.43 bits per heavy atom. The van der Waals surface area contributed by atoms with Crippen LogP contribution in [0.5, 0.6) is 0 Å². The van der Waals surface area contributed by atoms with E-state index in [0.29, 0.717) is 18.2 Å². The van der Waals surface area contributed by atoms with Crippen molar-refractivity contribution in [1.29, 1.82) is 0 Å². The Morgan fingerprint density at radius 1 is 1.71 bits per heavy atom. The summed E-state index contributed by atoms with van der Waals surface area (Å²) in [6.45, 7) is 4.52. The Balaban J connectivity index is 2.40. The third kappa shape index (κ3) is 2.85. The summed E-state index contributed by atoms with van der Waals surface area (Å²) >= 11 is 0. The first-order valence-corrected chi connectivity index (χ1v) is 4.49. The molecule has 0 aliphatic heterocycles. The van der Waals surface area contributed by atoms with E-state index in [9.17, 15) is 4.79 Å². The van der Waals surface area contributed by atoms with Crippen LogP contribution in [-0.4, -0.2) is 22.1 Å². The maximum absolute atomic E-state index is 11.4. The molecule has 1 aromatic heterocycles. The van der Waals surface area contributed by atoms with Crippen LogP contribution in [0.2, 0.25) is 0 Å². The molecule has 5 nitrogen and oxygen atoms in total. The minimum absolute atomic E-state index is 0.273. The molecule has 0 saturated heterocycles. The Bertz CT molecular complexity index is 307. The number of rotatable bonds is 4. The number of hydrogen-bond donors (Lipinski definition) is 1. The molecule has 0 unspecified atom stereocenters. The smallest absolute Gasteiger partial charge is 0.293 e. The molecule has 0 fully saturated rings. The lowest BCUT2D eigenvalue weighted by molar-refractivity contribution is 0.0202. The Kier molecular flexibility index (Phi) is 3.64. The van der Waals surface area contributed by atoms with Crippen LogP contribution in [0.1, 0.15) is 24.3 Å². The van der Waals surface area contributed by atoms with Crippen LogP contribution >= 0.6 is 0 Å². The van der Waals surface area contributed by atoms with Gasteiger partial charge < -0.3 is 4.57 Å². The highest BCUT2D eigenvalue weighted by Gasteiger charge is 2.09. The minimum atomic E-state index is -0.273. The highest BCUT2D eigenvalue weighted by molar-refractivity contribution is 5.91. The van der Waals surface area contributed by atoms with Gasteiger partial charge in [0.05, 0.1) is 19.1 Å². The van der Waals surface area contributed by atoms with Gasteiger partial charge in [-0.3, -0.25) is 9.63 Å². The first kappa shape index (κ1) is 10.7. The third-order valence-electron chi connectivity index (χ3n) is 1.63. The predicted molar refractivity (Wildman–Crippen MR) is 51.5 cm³/mol. The van der Waals surface area contributed by atoms with Gasteiger partial charge >= 0.3 is 0 Å². The lowest BCUT2D eigenvalue weighted by atomic mass is 10.2. The van der Waals surface area contributed by atoms with Gasteiger partial charge in [0.15, 0.2) is 0 Å². The molecule has 78 valence electrons. The molecular formula is C9H15N3O2. The lowest BCUT2D eigenvalue weighted by Gasteiger charge is -2.07. The summed E-state index contributed by atoms with van der Waals surface area (Å²) in [5, 5.41) is 0. The molecule has 0 saturated carbocycles. The second kappa shape index (κ2) is 4.76. The number of hydroxylamine groups is 1. The van der Waals surface area contributed by atoms with Gasteiger partial charge in [-0.25, -0.2) is 10.5 Å². The van der Waals surface area contributed by atoms with Crippen molar-refractivity contribution in [2.75, 3.05) is 6.61 Å². The SMILES string of the molecule is CC(C)CONC(=O)c1cncn1C. The van der Waals surface area contributed by atoms with E-state index in [1.807, 2.05) is 13.8 Å². The van der Waals surface area contributed by atoms with Crippen molar-refractivity contribution in [3.8, 4) is 0 Å². The average Bonchev–Trinajstić information content (AvgIpc) is 2.50. The van der Waals surface area contributed by atoms with Crippen molar-refractivity contribution < 1.29 is 9.63 Å². The molecule has 5 heteroatoms. The van der Waals surface area contributed by atoms with Crippen LogP contribution in [0.15, 0.2) is 12.5 Å². The number of amides is 1. The van der Waals surface area contributed by atoms with Gasteiger partial charge in [0.25, 0.3) is 5.91 Å². The number of hydrogen-bond acceptors (Lipinski definition) is 3. The Hall–Kier alpha value is -1.36. The molecule has 0 atom stereocenters. The van der Waals surface area contributed by atoms with E-state index in [0.717, 1.165) is 0 Å². The number of nitrogens with one attached hydrogen (secondary N) is 1. The van der Waals surface area contributed by atoms with Crippen molar-refractivity contribution in [1.82, 2.24) is 15.0 Å². The molecular weight excluding hydrogens is 182 g/mol. The van der Waals surface area contributed by atoms with Gasteiger partial charge in [0, 0.05) is 7.05 Å². The molecule has 0 radical (unpaired) electrons. The number of carbonyl (C=O) groups excluding carboxylic acids is 1. The standard InChI is InChI=1S/C9H15N3O2/c1-7(2)5-14-11-9(13)8-4-10-6-12(8)3/h4,6-7H,5H2,1-3H3,(H,11,13). The third-order valence-corrected chi connectivity index (χ3v) is 1.63. The van der Waals surface area contributed by atoms with E-state index in [4.69, 9.17) is 4.84 Å². The first-order chi connectivity index (χ1) is 6.61. The number of carbonyl (C=O) groups is 1. The zero-order chi connectivity index (χ0) is 10.6. The van der Waals surface area contributed by atoms with Crippen LogP contribution in [0.4, 0.5) is 0 Å². The lowest BCUT2D eigenvalue weighted by Crippen LogP contribution is -2.27. The van der Waals surface area contributed by atoms with Crippen LogP contribution in [-0.2, 0) is 11.9 Å². The van der Waals surface area contributed by atoms with E-state index >= 15 is 0 Å². The number of nitrogens with zero attached hydrogens (tertiary/aromatic N) is 2. The van der Waals surface area contributed by atoms with E-state index in [2.05, 4.69) is 10.5 Å². The molecule has 1 N–H and O–H groups in total. The molecule has 14 heavy (non-hydrogen) atoms. The second-order valence-corrected chi connectivity index (χ2v) is 3.53. The number of aromatic nitrogens is 2. The highest BCUT2D eigenvalue weighted by Crippen LogP contribution is 1.96. The quantitative estimate of drug-likeness (QED) is 0.724. The van der Waals surface area contributed by atoms with Crippen molar-refractivity contribution >= 4 is 5.91 Å². The second-order valence-electron chi connectivity index (χ2n) is 3.53. The van der Waals surface area contributed by atoms with Crippen molar-refractivity contribution in [2.45, 2.75) is 13.8 Å². The van der Waals surface area contributed by atoms with E-state index in [1.54, 1.807) is 17.9 Å². The van der Waals surface area contributed by atoms with Crippen LogP contribution in [0.25, 0.3) is 0 Å². The largest absolute Gasteiger partial charge is 0.330 e. The van der Waals surface area contributed by atoms with Gasteiger partial charge in [-0.1, -0.05) is 13.8 Å². The van der Waals surface area contributed by atoms with Crippen LogP contribution < -0.4 is 5.48 Å². The molecule has 0 aliphatic rings. The molecule has 1 amide bonds.